The molecule has 2 aromatic rings. The van der Waals surface area contributed by atoms with Gasteiger partial charge in [-0.2, -0.15) is 0 Å². The lowest BCUT2D eigenvalue weighted by Crippen LogP contribution is -2.24. The lowest BCUT2D eigenvalue weighted by Gasteiger charge is -2.11. The van der Waals surface area contributed by atoms with Gasteiger partial charge in [-0.25, -0.2) is 4.79 Å². The second kappa shape index (κ2) is 8.35. The molecular weight excluding hydrogens is 328 g/mol. The SMILES string of the molecule is Cl.NCCCCNC(=O)c1ccc2c(c1)[nH]c(=O)n2C1CCCC1. The molecule has 1 aromatic carbocycles. The van der Waals surface area contributed by atoms with E-state index < -0.39 is 0 Å². The number of halogens is 1. The Balaban J connectivity index is 0.00000208. The molecule has 0 unspecified atom stereocenters. The van der Waals surface area contributed by atoms with Crippen LogP contribution in [0.4, 0.5) is 0 Å². The predicted molar refractivity (Wildman–Crippen MR) is 97.9 cm³/mol. The Morgan fingerprint density at radius 1 is 1.29 bits per heavy atom. The number of carbonyl (C=O) groups is 1. The molecule has 1 amide bonds. The maximum atomic E-state index is 12.2. The minimum absolute atomic E-state index is 0. The number of imidazole rings is 1. The summed E-state index contributed by atoms with van der Waals surface area (Å²) in [5.74, 6) is -0.113. The lowest BCUT2D eigenvalue weighted by molar-refractivity contribution is 0.0953. The molecule has 3 rings (SSSR count). The topological polar surface area (TPSA) is 92.9 Å². The first kappa shape index (κ1) is 18.5. The average Bonchev–Trinajstić information content (AvgIpc) is 3.16. The Hall–Kier alpha value is -1.79. The highest BCUT2D eigenvalue weighted by Gasteiger charge is 2.21. The van der Waals surface area contributed by atoms with Gasteiger partial charge in [0.15, 0.2) is 0 Å². The maximum absolute atomic E-state index is 12.2. The van der Waals surface area contributed by atoms with Gasteiger partial charge >= 0.3 is 5.69 Å². The number of amides is 1. The summed E-state index contributed by atoms with van der Waals surface area (Å²) in [6.45, 7) is 1.26. The van der Waals surface area contributed by atoms with E-state index >= 15 is 0 Å². The van der Waals surface area contributed by atoms with Crippen molar-refractivity contribution in [2.45, 2.75) is 44.6 Å². The zero-order valence-corrected chi connectivity index (χ0v) is 14.5. The highest BCUT2D eigenvalue weighted by Crippen LogP contribution is 2.30. The number of H-pyrrole nitrogens is 1. The van der Waals surface area contributed by atoms with Crippen LogP contribution < -0.4 is 16.7 Å². The second-order valence-corrected chi connectivity index (χ2v) is 6.22. The number of hydrogen-bond acceptors (Lipinski definition) is 3. The van der Waals surface area contributed by atoms with E-state index in [2.05, 4.69) is 10.3 Å². The van der Waals surface area contributed by atoms with Gasteiger partial charge in [-0.15, -0.1) is 12.4 Å². The summed E-state index contributed by atoms with van der Waals surface area (Å²) in [5, 5.41) is 2.88. The third-order valence-corrected chi connectivity index (χ3v) is 4.58. The lowest BCUT2D eigenvalue weighted by atomic mass is 10.1. The highest BCUT2D eigenvalue weighted by molar-refractivity contribution is 5.97. The molecule has 132 valence electrons. The minimum Gasteiger partial charge on any atom is -0.352 e. The number of nitrogens with zero attached hydrogens (tertiary/aromatic N) is 1. The van der Waals surface area contributed by atoms with Gasteiger partial charge < -0.3 is 16.0 Å². The Bertz CT molecular complexity index is 747. The van der Waals surface area contributed by atoms with Crippen molar-refractivity contribution in [1.29, 1.82) is 0 Å². The number of rotatable bonds is 6. The summed E-state index contributed by atoms with van der Waals surface area (Å²) in [4.78, 5) is 27.3. The second-order valence-electron chi connectivity index (χ2n) is 6.22. The third kappa shape index (κ3) is 3.82. The van der Waals surface area contributed by atoms with Gasteiger partial charge in [0, 0.05) is 18.2 Å². The zero-order chi connectivity index (χ0) is 16.2. The summed E-state index contributed by atoms with van der Waals surface area (Å²) in [5.41, 5.74) is 7.56. The van der Waals surface area contributed by atoms with E-state index in [1.54, 1.807) is 12.1 Å². The van der Waals surface area contributed by atoms with E-state index in [-0.39, 0.29) is 30.0 Å². The summed E-state index contributed by atoms with van der Waals surface area (Å²) in [6, 6.07) is 5.72. The molecule has 1 fully saturated rings. The van der Waals surface area contributed by atoms with Crippen LogP contribution in [-0.2, 0) is 0 Å². The first-order valence-corrected chi connectivity index (χ1v) is 8.43. The number of carbonyl (C=O) groups excluding carboxylic acids is 1. The van der Waals surface area contributed by atoms with Crippen molar-refractivity contribution in [2.75, 3.05) is 13.1 Å². The largest absolute Gasteiger partial charge is 0.352 e. The van der Waals surface area contributed by atoms with Gasteiger partial charge in [-0.1, -0.05) is 12.8 Å². The molecule has 4 N–H and O–H groups in total. The van der Waals surface area contributed by atoms with Crippen LogP contribution in [0.1, 0.15) is 54.9 Å². The summed E-state index contributed by atoms with van der Waals surface area (Å²) < 4.78 is 1.85. The number of aromatic nitrogens is 2. The fraction of sp³-hybridized carbons (Fsp3) is 0.529. The van der Waals surface area contributed by atoms with Crippen molar-refractivity contribution in [3.05, 3.63) is 34.2 Å². The monoisotopic (exact) mass is 352 g/mol. The van der Waals surface area contributed by atoms with E-state index in [0.717, 1.165) is 36.7 Å². The Labute approximate surface area is 147 Å². The number of benzene rings is 1. The van der Waals surface area contributed by atoms with Crippen LogP contribution in [0.25, 0.3) is 11.0 Å². The molecule has 1 heterocycles. The van der Waals surface area contributed by atoms with E-state index in [4.69, 9.17) is 5.73 Å². The highest BCUT2D eigenvalue weighted by atomic mass is 35.5. The molecule has 24 heavy (non-hydrogen) atoms. The third-order valence-electron chi connectivity index (χ3n) is 4.58. The Kier molecular flexibility index (Phi) is 6.45. The van der Waals surface area contributed by atoms with Gasteiger partial charge in [0.05, 0.1) is 11.0 Å². The van der Waals surface area contributed by atoms with Crippen LogP contribution in [0.5, 0.6) is 0 Å². The first-order chi connectivity index (χ1) is 11.2. The summed E-state index contributed by atoms with van der Waals surface area (Å²) in [6.07, 6.45) is 6.23. The van der Waals surface area contributed by atoms with Crippen molar-refractivity contribution in [1.82, 2.24) is 14.9 Å². The quantitative estimate of drug-likeness (QED) is 0.696. The van der Waals surface area contributed by atoms with Gasteiger partial charge in [-0.05, 0) is 50.4 Å². The number of unbranched alkanes of at least 4 members (excludes halogenated alkanes) is 1. The number of nitrogens with one attached hydrogen (secondary N) is 2. The maximum Gasteiger partial charge on any atom is 0.326 e. The Morgan fingerprint density at radius 2 is 2.04 bits per heavy atom. The van der Waals surface area contributed by atoms with Gasteiger partial charge in [0.1, 0.15) is 0 Å². The van der Waals surface area contributed by atoms with Crippen LogP contribution in [0.15, 0.2) is 23.0 Å². The number of hydrogen-bond donors (Lipinski definition) is 3. The molecule has 0 atom stereocenters. The first-order valence-electron chi connectivity index (χ1n) is 8.43. The normalized spacial score (nSPS) is 14.7. The molecule has 0 radical (unpaired) electrons. The molecule has 6 nitrogen and oxygen atoms in total. The molecule has 0 bridgehead atoms. The van der Waals surface area contributed by atoms with Gasteiger partial charge in [0.25, 0.3) is 5.91 Å². The van der Waals surface area contributed by atoms with Crippen molar-refractivity contribution in [3.63, 3.8) is 0 Å². The smallest absolute Gasteiger partial charge is 0.326 e. The van der Waals surface area contributed by atoms with Crippen molar-refractivity contribution < 1.29 is 4.79 Å². The number of fused-ring (bicyclic) bond motifs is 1. The van der Waals surface area contributed by atoms with Gasteiger partial charge in [0.2, 0.25) is 0 Å². The molecule has 0 spiro atoms. The van der Waals surface area contributed by atoms with Crippen LogP contribution in [-0.4, -0.2) is 28.5 Å². The standard InChI is InChI=1S/C17H24N4O2.ClH/c18-9-3-4-10-19-16(22)12-7-8-15-14(11-12)20-17(23)21(15)13-5-1-2-6-13;/h7-8,11,13H,1-6,9-10,18H2,(H,19,22)(H,20,23);1H. The van der Waals surface area contributed by atoms with Crippen LogP contribution in [0, 0.1) is 0 Å². The minimum atomic E-state index is -0.113. The van der Waals surface area contributed by atoms with Crippen LogP contribution in [0.3, 0.4) is 0 Å². The fourth-order valence-electron chi connectivity index (χ4n) is 3.37. The number of aromatic amines is 1. The van der Waals surface area contributed by atoms with E-state index in [9.17, 15) is 9.59 Å². The molecule has 1 aliphatic carbocycles. The molecule has 7 heteroatoms. The van der Waals surface area contributed by atoms with E-state index in [1.807, 2.05) is 10.6 Å². The predicted octanol–water partition coefficient (Wildman–Crippen LogP) is 2.34. The molecule has 1 saturated carbocycles. The fourth-order valence-corrected chi connectivity index (χ4v) is 3.37. The van der Waals surface area contributed by atoms with Gasteiger partial charge in [-0.3, -0.25) is 9.36 Å². The zero-order valence-electron chi connectivity index (χ0n) is 13.7. The number of nitrogens with two attached hydrogens (primary N) is 1. The summed E-state index contributed by atoms with van der Waals surface area (Å²) in [7, 11) is 0. The molecular formula is C17H25ClN4O2. The summed E-state index contributed by atoms with van der Waals surface area (Å²) >= 11 is 0. The average molecular weight is 353 g/mol. The molecule has 1 aliphatic rings. The van der Waals surface area contributed by atoms with Crippen molar-refractivity contribution in [2.24, 2.45) is 5.73 Å². The Morgan fingerprint density at radius 3 is 2.75 bits per heavy atom. The van der Waals surface area contributed by atoms with Crippen LogP contribution >= 0.6 is 12.4 Å². The van der Waals surface area contributed by atoms with Crippen molar-refractivity contribution in [3.8, 4) is 0 Å². The molecule has 0 saturated heterocycles. The van der Waals surface area contributed by atoms with E-state index in [1.165, 1.54) is 12.8 Å². The van der Waals surface area contributed by atoms with Crippen molar-refractivity contribution >= 4 is 29.3 Å². The van der Waals surface area contributed by atoms with E-state index in [0.29, 0.717) is 18.7 Å². The molecule has 0 aliphatic heterocycles. The van der Waals surface area contributed by atoms with Crippen LogP contribution in [0.2, 0.25) is 0 Å². The molecule has 1 aromatic heterocycles.